The predicted octanol–water partition coefficient (Wildman–Crippen LogP) is 0.948. The minimum Gasteiger partial charge on any atom is -0.462 e. The summed E-state index contributed by atoms with van der Waals surface area (Å²) in [7, 11) is 3.00. The molecule has 0 aliphatic rings. The molecule has 110 valence electrons. The maximum atomic E-state index is 11.9. The lowest BCUT2D eigenvalue weighted by Gasteiger charge is -2.21. The van der Waals surface area contributed by atoms with Gasteiger partial charge in [-0.3, -0.25) is 9.59 Å². The van der Waals surface area contributed by atoms with Crippen LogP contribution in [-0.2, 0) is 28.5 Å². The van der Waals surface area contributed by atoms with E-state index < -0.39 is 17.4 Å². The van der Waals surface area contributed by atoms with Crippen molar-refractivity contribution in [1.29, 1.82) is 0 Å². The van der Waals surface area contributed by atoms with Crippen LogP contribution in [0.15, 0.2) is 12.2 Å². The summed E-state index contributed by atoms with van der Waals surface area (Å²) < 4.78 is 19.5. The summed E-state index contributed by atoms with van der Waals surface area (Å²) in [6.07, 6.45) is 3.06. The summed E-state index contributed by atoms with van der Waals surface area (Å²) in [6.45, 7) is 3.90. The highest BCUT2D eigenvalue weighted by molar-refractivity contribution is 6.01. The van der Waals surface area contributed by atoms with Crippen LogP contribution >= 0.6 is 0 Å². The van der Waals surface area contributed by atoms with Crippen molar-refractivity contribution in [2.75, 3.05) is 40.6 Å². The molecule has 0 atom stereocenters. The van der Waals surface area contributed by atoms with Crippen molar-refractivity contribution in [2.45, 2.75) is 13.8 Å². The van der Waals surface area contributed by atoms with Gasteiger partial charge < -0.3 is 18.9 Å². The Morgan fingerprint density at radius 2 is 1.37 bits per heavy atom. The molecule has 0 saturated carbocycles. The number of ether oxygens (including phenoxy) is 4. The summed E-state index contributed by atoms with van der Waals surface area (Å²) in [4.78, 5) is 23.9. The third-order valence-electron chi connectivity index (χ3n) is 2.39. The number of carbonyl (C=O) groups is 2. The molecule has 0 aromatic heterocycles. The highest BCUT2D eigenvalue weighted by Crippen LogP contribution is 2.23. The molecule has 0 N–H and O–H groups in total. The maximum absolute atomic E-state index is 11.9. The molecule has 0 aromatic carbocycles. The average molecular weight is 274 g/mol. The molecule has 0 fully saturated rings. The largest absolute Gasteiger partial charge is 0.462 e. The van der Waals surface area contributed by atoms with Crippen LogP contribution < -0.4 is 0 Å². The normalized spacial score (nSPS) is 11.6. The summed E-state index contributed by atoms with van der Waals surface area (Å²) in [6, 6.07) is 0. The topological polar surface area (TPSA) is 71.1 Å². The molecule has 0 aromatic rings. The predicted molar refractivity (Wildman–Crippen MR) is 68.6 cm³/mol. The van der Waals surface area contributed by atoms with Gasteiger partial charge in [0.1, 0.15) is 13.2 Å². The third kappa shape index (κ3) is 5.85. The van der Waals surface area contributed by atoms with Crippen molar-refractivity contribution in [1.82, 2.24) is 0 Å². The summed E-state index contributed by atoms with van der Waals surface area (Å²) in [5.41, 5.74) is -1.45. The SMILES string of the molecule is CC=CC(C)(C(=O)OCCOC)C(=O)OCCOC. The second-order valence-electron chi connectivity index (χ2n) is 3.96. The maximum Gasteiger partial charge on any atom is 0.327 e. The standard InChI is InChI=1S/C13H22O6/c1-5-6-13(2,11(14)18-9-7-16-3)12(15)19-10-8-17-4/h5-6H,7-10H2,1-4H3. The highest BCUT2D eigenvalue weighted by atomic mass is 16.6. The molecule has 0 spiro atoms. The number of hydrogen-bond acceptors (Lipinski definition) is 6. The summed E-state index contributed by atoms with van der Waals surface area (Å²) >= 11 is 0. The van der Waals surface area contributed by atoms with Crippen LogP contribution in [0.5, 0.6) is 0 Å². The van der Waals surface area contributed by atoms with Crippen LogP contribution in [-0.4, -0.2) is 52.6 Å². The lowest BCUT2D eigenvalue weighted by molar-refractivity contribution is -0.168. The van der Waals surface area contributed by atoms with Gasteiger partial charge in [-0.15, -0.1) is 0 Å². The minimum absolute atomic E-state index is 0.0911. The van der Waals surface area contributed by atoms with Crippen molar-refractivity contribution in [2.24, 2.45) is 5.41 Å². The van der Waals surface area contributed by atoms with Gasteiger partial charge in [-0.2, -0.15) is 0 Å². The fraction of sp³-hybridized carbons (Fsp3) is 0.692. The number of methoxy groups -OCH3 is 2. The van der Waals surface area contributed by atoms with Crippen LogP contribution in [0.2, 0.25) is 0 Å². The van der Waals surface area contributed by atoms with Gasteiger partial charge in [0.2, 0.25) is 0 Å². The van der Waals surface area contributed by atoms with Gasteiger partial charge in [0.15, 0.2) is 5.41 Å². The van der Waals surface area contributed by atoms with Crippen LogP contribution in [0.3, 0.4) is 0 Å². The Balaban J connectivity index is 4.63. The number of rotatable bonds is 9. The van der Waals surface area contributed by atoms with E-state index in [2.05, 4.69) is 0 Å². The molecular formula is C13H22O6. The van der Waals surface area contributed by atoms with Gasteiger partial charge in [-0.25, -0.2) is 0 Å². The Hall–Kier alpha value is -1.40. The zero-order valence-electron chi connectivity index (χ0n) is 11.9. The average Bonchev–Trinajstić information content (AvgIpc) is 2.39. The lowest BCUT2D eigenvalue weighted by atomic mass is 9.90. The van der Waals surface area contributed by atoms with Gasteiger partial charge in [-0.05, 0) is 13.8 Å². The van der Waals surface area contributed by atoms with E-state index in [9.17, 15) is 9.59 Å². The first-order valence-corrected chi connectivity index (χ1v) is 5.99. The fourth-order valence-corrected chi connectivity index (χ4v) is 1.29. The Morgan fingerprint density at radius 3 is 1.68 bits per heavy atom. The van der Waals surface area contributed by atoms with Crippen LogP contribution in [0, 0.1) is 5.41 Å². The van der Waals surface area contributed by atoms with E-state index in [4.69, 9.17) is 18.9 Å². The van der Waals surface area contributed by atoms with E-state index in [-0.39, 0.29) is 26.4 Å². The van der Waals surface area contributed by atoms with Crippen LogP contribution in [0.1, 0.15) is 13.8 Å². The smallest absolute Gasteiger partial charge is 0.327 e. The van der Waals surface area contributed by atoms with E-state index in [0.29, 0.717) is 0 Å². The lowest BCUT2D eigenvalue weighted by Crippen LogP contribution is -2.38. The van der Waals surface area contributed by atoms with Crippen molar-refractivity contribution in [3.8, 4) is 0 Å². The quantitative estimate of drug-likeness (QED) is 0.270. The molecule has 6 heteroatoms. The van der Waals surface area contributed by atoms with Crippen molar-refractivity contribution < 1.29 is 28.5 Å². The Labute approximate surface area is 113 Å². The molecule has 0 heterocycles. The van der Waals surface area contributed by atoms with Crippen molar-refractivity contribution in [3.05, 3.63) is 12.2 Å². The van der Waals surface area contributed by atoms with Crippen LogP contribution in [0.4, 0.5) is 0 Å². The molecule has 0 amide bonds. The van der Waals surface area contributed by atoms with Gasteiger partial charge in [0, 0.05) is 14.2 Å². The van der Waals surface area contributed by atoms with E-state index in [0.717, 1.165) is 0 Å². The molecule has 0 bridgehead atoms. The minimum atomic E-state index is -1.45. The molecular weight excluding hydrogens is 252 g/mol. The number of hydrogen-bond donors (Lipinski definition) is 0. The molecule has 0 rings (SSSR count). The first-order valence-electron chi connectivity index (χ1n) is 5.99. The third-order valence-corrected chi connectivity index (χ3v) is 2.39. The second-order valence-corrected chi connectivity index (χ2v) is 3.96. The first-order chi connectivity index (χ1) is 9.02. The van der Waals surface area contributed by atoms with Gasteiger partial charge in [0.25, 0.3) is 0 Å². The highest BCUT2D eigenvalue weighted by Gasteiger charge is 2.41. The Bertz CT molecular complexity index is 288. The van der Waals surface area contributed by atoms with E-state index >= 15 is 0 Å². The van der Waals surface area contributed by atoms with Gasteiger partial charge in [-0.1, -0.05) is 12.2 Å². The molecule has 0 saturated heterocycles. The molecule has 0 radical (unpaired) electrons. The van der Waals surface area contributed by atoms with Crippen molar-refractivity contribution in [3.63, 3.8) is 0 Å². The molecule has 0 aliphatic carbocycles. The molecule has 0 aliphatic heterocycles. The zero-order valence-corrected chi connectivity index (χ0v) is 11.9. The molecule has 6 nitrogen and oxygen atoms in total. The van der Waals surface area contributed by atoms with Crippen molar-refractivity contribution >= 4 is 11.9 Å². The number of esters is 2. The molecule has 0 unspecified atom stereocenters. The van der Waals surface area contributed by atoms with E-state index in [1.807, 2.05) is 0 Å². The van der Waals surface area contributed by atoms with Gasteiger partial charge in [0.05, 0.1) is 13.2 Å². The number of allylic oxidation sites excluding steroid dienone is 1. The summed E-state index contributed by atoms with van der Waals surface area (Å²) in [5, 5.41) is 0. The van der Waals surface area contributed by atoms with Gasteiger partial charge >= 0.3 is 11.9 Å². The van der Waals surface area contributed by atoms with E-state index in [1.165, 1.54) is 27.2 Å². The fourth-order valence-electron chi connectivity index (χ4n) is 1.29. The zero-order chi connectivity index (χ0) is 14.7. The molecule has 19 heavy (non-hydrogen) atoms. The first kappa shape index (κ1) is 17.6. The Morgan fingerprint density at radius 1 is 0.947 bits per heavy atom. The Kier molecular flexibility index (Phi) is 8.82. The number of carbonyl (C=O) groups excluding carboxylic acids is 2. The van der Waals surface area contributed by atoms with E-state index in [1.54, 1.807) is 13.0 Å². The van der Waals surface area contributed by atoms with Crippen LogP contribution in [0.25, 0.3) is 0 Å². The monoisotopic (exact) mass is 274 g/mol. The second kappa shape index (κ2) is 9.52. The summed E-state index contributed by atoms with van der Waals surface area (Å²) in [5.74, 6) is -1.32.